The first-order valence-electron chi connectivity index (χ1n) is 19.9. The molecule has 4 aromatic heterocycles. The summed E-state index contributed by atoms with van der Waals surface area (Å²) in [5.41, 5.74) is 12.2. The van der Waals surface area contributed by atoms with Crippen LogP contribution in [0.15, 0.2) is 94.3 Å². The maximum Gasteiger partial charge on any atom is 2.00 e. The molecule has 59 heavy (non-hydrogen) atoms. The molecule has 0 atom stereocenters. The molecule has 9 aromatic rings. The van der Waals surface area contributed by atoms with Crippen LogP contribution >= 0.6 is 0 Å². The monoisotopic (exact) mass is 953 g/mol. The molecule has 294 valence electrons. The van der Waals surface area contributed by atoms with Gasteiger partial charge in [-0.1, -0.05) is 120 Å². The molecule has 4 heterocycles. The van der Waals surface area contributed by atoms with Crippen molar-refractivity contribution in [2.24, 2.45) is 0 Å². The van der Waals surface area contributed by atoms with Gasteiger partial charge in [-0.15, -0.1) is 23.6 Å². The van der Waals surface area contributed by atoms with Gasteiger partial charge < -0.3 is 13.4 Å². The minimum absolute atomic E-state index is 0. The van der Waals surface area contributed by atoms with E-state index in [0.29, 0.717) is 73.3 Å². The predicted octanol–water partition coefficient (Wildman–Crippen LogP) is 13.7. The molecule has 0 saturated heterocycles. The van der Waals surface area contributed by atoms with E-state index >= 15 is 0 Å². The average molecular weight is 954 g/mol. The molecule has 0 aliphatic heterocycles. The smallest absolute Gasteiger partial charge is 0.511 e. The summed E-state index contributed by atoms with van der Waals surface area (Å²) in [6, 6.07) is 29.9. The Kier molecular flexibility index (Phi) is 10.2. The summed E-state index contributed by atoms with van der Waals surface area (Å²) in [5.74, 6) is 1.87. The zero-order chi connectivity index (χ0) is 40.6. The quantitative estimate of drug-likeness (QED) is 0.142. The third-order valence-electron chi connectivity index (χ3n) is 11.3. The van der Waals surface area contributed by atoms with Gasteiger partial charge in [0.05, 0.1) is 47.0 Å². The van der Waals surface area contributed by atoms with E-state index in [1.807, 2.05) is 36.8 Å². The van der Waals surface area contributed by atoms with Gasteiger partial charge in [0.1, 0.15) is 0 Å². The Hall–Kier alpha value is -6.21. The van der Waals surface area contributed by atoms with Crippen LogP contribution in [0.4, 0.5) is 5.69 Å². The van der Waals surface area contributed by atoms with Gasteiger partial charge in [-0.05, 0) is 69.3 Å². The second-order valence-electron chi connectivity index (χ2n) is 16.3. The van der Waals surface area contributed by atoms with Crippen molar-refractivity contribution in [3.63, 3.8) is 0 Å². The van der Waals surface area contributed by atoms with Crippen LogP contribution in [0.3, 0.4) is 0 Å². The number of nitriles is 1. The molecule has 0 aliphatic rings. The summed E-state index contributed by atoms with van der Waals surface area (Å²) in [6.07, 6.45) is 7.69. The van der Waals surface area contributed by atoms with Gasteiger partial charge in [0.25, 0.3) is 0 Å². The van der Waals surface area contributed by atoms with Crippen molar-refractivity contribution in [2.45, 2.75) is 79.1 Å². The van der Waals surface area contributed by atoms with Crippen LogP contribution in [-0.4, -0.2) is 19.3 Å². The number of rotatable bonds is 8. The SMILES string of the molecule is [C-]#[N+]c1cc(-c2nccn2-c2c(C(C)C)cccc2C(C)C)[c-]c2c1oc1ccc3oc4c(C#N)cc(-n5cc(-c6c(C(C)C)cccc6C(C)C)cn5)[c-]c4c3c12.[Pt+2]. The Morgan fingerprint density at radius 3 is 1.92 bits per heavy atom. The summed E-state index contributed by atoms with van der Waals surface area (Å²) < 4.78 is 16.8. The van der Waals surface area contributed by atoms with E-state index in [4.69, 9.17) is 25.5 Å². The molecule has 0 aliphatic carbocycles. The van der Waals surface area contributed by atoms with Crippen LogP contribution in [0.1, 0.15) is 107 Å². The largest absolute Gasteiger partial charge is 2.00 e. The summed E-state index contributed by atoms with van der Waals surface area (Å²) >= 11 is 0. The Labute approximate surface area is 358 Å². The molecule has 0 saturated carbocycles. The van der Waals surface area contributed by atoms with E-state index in [2.05, 4.69) is 119 Å². The van der Waals surface area contributed by atoms with Crippen molar-refractivity contribution >= 4 is 49.6 Å². The minimum atomic E-state index is 0. The molecule has 0 fully saturated rings. The van der Waals surface area contributed by atoms with Crippen molar-refractivity contribution in [3.05, 3.63) is 137 Å². The number of furan rings is 2. The van der Waals surface area contributed by atoms with E-state index in [1.165, 1.54) is 27.8 Å². The van der Waals surface area contributed by atoms with Crippen LogP contribution < -0.4 is 0 Å². The van der Waals surface area contributed by atoms with E-state index < -0.39 is 0 Å². The Balaban J connectivity index is 0.00000484. The van der Waals surface area contributed by atoms with Crippen LogP contribution in [0, 0.1) is 30.0 Å². The van der Waals surface area contributed by atoms with Crippen LogP contribution in [-0.2, 0) is 21.1 Å². The van der Waals surface area contributed by atoms with Crippen LogP contribution in [0.2, 0.25) is 0 Å². The fraction of sp³-hybridized carbons (Fsp3) is 0.240. The maximum absolute atomic E-state index is 10.5. The van der Waals surface area contributed by atoms with E-state index in [9.17, 15) is 5.26 Å². The number of benzene rings is 5. The fourth-order valence-corrected chi connectivity index (χ4v) is 8.48. The van der Waals surface area contributed by atoms with E-state index in [-0.39, 0.29) is 32.9 Å². The Morgan fingerprint density at radius 2 is 1.34 bits per heavy atom. The van der Waals surface area contributed by atoms with Gasteiger partial charge >= 0.3 is 21.1 Å². The summed E-state index contributed by atoms with van der Waals surface area (Å²) in [6.45, 7) is 25.9. The first-order valence-corrected chi connectivity index (χ1v) is 19.9. The second kappa shape index (κ2) is 15.2. The molecule has 8 nitrogen and oxygen atoms in total. The van der Waals surface area contributed by atoms with Crippen molar-refractivity contribution < 1.29 is 29.9 Å². The molecule has 0 bridgehead atoms. The molecular formula is C50H42N6O2Pt. The first-order chi connectivity index (χ1) is 28.0. The molecule has 0 N–H and O–H groups in total. The van der Waals surface area contributed by atoms with Gasteiger partial charge in [-0.25, -0.2) is 0 Å². The normalized spacial score (nSPS) is 11.8. The summed E-state index contributed by atoms with van der Waals surface area (Å²) in [5, 5.41) is 18.0. The average Bonchev–Trinajstić information content (AvgIpc) is 4.04. The fourth-order valence-electron chi connectivity index (χ4n) is 8.48. The number of para-hydroxylation sites is 1. The number of nitrogens with zero attached hydrogens (tertiary/aromatic N) is 6. The van der Waals surface area contributed by atoms with E-state index in [1.54, 1.807) is 16.9 Å². The van der Waals surface area contributed by atoms with Gasteiger partial charge in [0.15, 0.2) is 5.69 Å². The first kappa shape index (κ1) is 39.6. The Bertz CT molecular complexity index is 3120. The summed E-state index contributed by atoms with van der Waals surface area (Å²) in [7, 11) is 0. The van der Waals surface area contributed by atoms with Gasteiger partial charge in [0, 0.05) is 35.4 Å². The zero-order valence-electron chi connectivity index (χ0n) is 34.2. The number of aromatic nitrogens is 4. The molecule has 0 radical (unpaired) electrons. The molecule has 5 aromatic carbocycles. The van der Waals surface area contributed by atoms with Crippen molar-refractivity contribution in [3.8, 4) is 40.0 Å². The van der Waals surface area contributed by atoms with Crippen molar-refractivity contribution in [2.75, 3.05) is 0 Å². The van der Waals surface area contributed by atoms with Crippen molar-refractivity contribution in [1.29, 1.82) is 5.26 Å². The third-order valence-corrected chi connectivity index (χ3v) is 11.3. The van der Waals surface area contributed by atoms with Gasteiger partial charge in [0.2, 0.25) is 0 Å². The number of imidazole rings is 1. The molecule has 9 heteroatoms. The van der Waals surface area contributed by atoms with Crippen molar-refractivity contribution in [1.82, 2.24) is 19.3 Å². The maximum atomic E-state index is 10.5. The number of hydrogen-bond acceptors (Lipinski definition) is 5. The third kappa shape index (κ3) is 6.39. The predicted molar refractivity (Wildman–Crippen MR) is 231 cm³/mol. The van der Waals surface area contributed by atoms with E-state index in [0.717, 1.165) is 22.0 Å². The molecule has 9 rings (SSSR count). The molecule has 0 spiro atoms. The van der Waals surface area contributed by atoms with Crippen LogP contribution in [0.5, 0.6) is 0 Å². The van der Waals surface area contributed by atoms with Gasteiger partial charge in [-0.3, -0.25) is 14.5 Å². The molecule has 0 amide bonds. The molecular weight excluding hydrogens is 912 g/mol. The minimum Gasteiger partial charge on any atom is -0.511 e. The van der Waals surface area contributed by atoms with Gasteiger partial charge in [-0.2, -0.15) is 10.4 Å². The topological polar surface area (TPSA) is 90.1 Å². The number of fused-ring (bicyclic) bond motifs is 7. The summed E-state index contributed by atoms with van der Waals surface area (Å²) in [4.78, 5) is 8.81. The zero-order valence-corrected chi connectivity index (χ0v) is 36.5. The second-order valence-corrected chi connectivity index (χ2v) is 16.3. The molecule has 0 unspecified atom stereocenters. The standard InChI is InChI=1S/C50H42N6O2.Pt/c1-27(2)35-12-10-13-36(28(3)4)44(35)33-25-54-56(26-33)34-20-32(24-51)48-40(23-34)46-42(57-48)16-17-43-45(46)39-21-31(22-41(52-9)49(39)58-43)50-53-18-19-55(50)47-37(29(5)6)14-11-15-38(47)30(7)8;/h10-20,22,25-30H,1-8H3;/q-2;+2. The number of hydrogen-bond donors (Lipinski definition) is 0. The Morgan fingerprint density at radius 1 is 0.763 bits per heavy atom. The van der Waals surface area contributed by atoms with Crippen LogP contribution in [0.25, 0.3) is 82.6 Å².